The monoisotopic (exact) mass is 364 g/mol. The summed E-state index contributed by atoms with van der Waals surface area (Å²) in [5, 5.41) is 3.41. The molecule has 2 heterocycles. The van der Waals surface area contributed by atoms with E-state index in [0.29, 0.717) is 6.61 Å². The smallest absolute Gasteiger partial charge is 0.123 e. The summed E-state index contributed by atoms with van der Waals surface area (Å²) < 4.78 is 21.7. The van der Waals surface area contributed by atoms with Gasteiger partial charge in [-0.3, -0.25) is 0 Å². The average molecular weight is 364 g/mol. The molecular weight excluding hydrogens is 339 g/mol. The molecule has 0 spiro atoms. The standard InChI is InChI=1S/C23H25FN2O/c1-3-17-4-10-20(11-5-17)26-16(2)21(23-15-25-12-13-27-23)14-22(26)18-6-8-19(24)9-7-18/h4-11,14,23,25H,3,12-13,15H2,1-2H3. The van der Waals surface area contributed by atoms with Crippen molar-refractivity contribution in [2.45, 2.75) is 26.4 Å². The largest absolute Gasteiger partial charge is 0.371 e. The molecule has 1 N–H and O–H groups in total. The van der Waals surface area contributed by atoms with Gasteiger partial charge >= 0.3 is 0 Å². The van der Waals surface area contributed by atoms with Crippen LogP contribution in [-0.4, -0.2) is 24.3 Å². The Morgan fingerprint density at radius 1 is 1.11 bits per heavy atom. The third kappa shape index (κ3) is 3.55. The molecule has 2 aromatic carbocycles. The van der Waals surface area contributed by atoms with Crippen molar-refractivity contribution < 1.29 is 9.13 Å². The van der Waals surface area contributed by atoms with E-state index in [4.69, 9.17) is 4.74 Å². The van der Waals surface area contributed by atoms with Gasteiger partial charge in [0.2, 0.25) is 0 Å². The van der Waals surface area contributed by atoms with Crippen LogP contribution in [0.1, 0.15) is 29.8 Å². The fraction of sp³-hybridized carbons (Fsp3) is 0.304. The van der Waals surface area contributed by atoms with Gasteiger partial charge in [0.25, 0.3) is 0 Å². The average Bonchev–Trinajstić information content (AvgIpc) is 3.06. The van der Waals surface area contributed by atoms with E-state index < -0.39 is 0 Å². The number of aryl methyl sites for hydroxylation is 1. The van der Waals surface area contributed by atoms with Gasteiger partial charge in [-0.1, -0.05) is 19.1 Å². The van der Waals surface area contributed by atoms with Gasteiger partial charge in [0.05, 0.1) is 18.4 Å². The van der Waals surface area contributed by atoms with Crippen molar-refractivity contribution in [1.29, 1.82) is 0 Å². The fourth-order valence-electron chi connectivity index (χ4n) is 3.76. The quantitative estimate of drug-likeness (QED) is 0.719. The molecule has 0 amide bonds. The van der Waals surface area contributed by atoms with E-state index in [-0.39, 0.29) is 11.9 Å². The molecular formula is C23H25FN2O. The van der Waals surface area contributed by atoms with Gasteiger partial charge < -0.3 is 14.6 Å². The third-order valence-electron chi connectivity index (χ3n) is 5.30. The summed E-state index contributed by atoms with van der Waals surface area (Å²) in [7, 11) is 0. The summed E-state index contributed by atoms with van der Waals surface area (Å²) in [5.74, 6) is -0.221. The maximum absolute atomic E-state index is 13.4. The molecule has 4 heteroatoms. The predicted molar refractivity (Wildman–Crippen MR) is 107 cm³/mol. The molecule has 1 atom stereocenters. The van der Waals surface area contributed by atoms with E-state index in [1.54, 1.807) is 0 Å². The van der Waals surface area contributed by atoms with Crippen molar-refractivity contribution in [2.75, 3.05) is 19.7 Å². The van der Waals surface area contributed by atoms with Gasteiger partial charge in [0.15, 0.2) is 0 Å². The van der Waals surface area contributed by atoms with E-state index in [0.717, 1.165) is 42.1 Å². The number of nitrogens with zero attached hydrogens (tertiary/aromatic N) is 1. The van der Waals surface area contributed by atoms with Crippen LogP contribution in [0.2, 0.25) is 0 Å². The summed E-state index contributed by atoms with van der Waals surface area (Å²) in [6, 6.07) is 17.5. The van der Waals surface area contributed by atoms with Gasteiger partial charge in [-0.05, 0) is 66.9 Å². The molecule has 3 aromatic rings. The van der Waals surface area contributed by atoms with E-state index in [2.05, 4.69) is 54.1 Å². The van der Waals surface area contributed by atoms with Crippen molar-refractivity contribution in [1.82, 2.24) is 9.88 Å². The van der Waals surface area contributed by atoms with Crippen LogP contribution in [0.4, 0.5) is 4.39 Å². The summed E-state index contributed by atoms with van der Waals surface area (Å²) in [4.78, 5) is 0. The highest BCUT2D eigenvalue weighted by Crippen LogP contribution is 2.34. The van der Waals surface area contributed by atoms with Crippen LogP contribution in [0.3, 0.4) is 0 Å². The molecule has 1 fully saturated rings. The maximum Gasteiger partial charge on any atom is 0.123 e. The number of benzene rings is 2. The Balaban J connectivity index is 1.85. The van der Waals surface area contributed by atoms with Crippen LogP contribution >= 0.6 is 0 Å². The molecule has 1 unspecified atom stereocenters. The number of nitrogens with one attached hydrogen (secondary N) is 1. The molecule has 1 saturated heterocycles. The van der Waals surface area contributed by atoms with Crippen molar-refractivity contribution in [2.24, 2.45) is 0 Å². The number of morpholine rings is 1. The van der Waals surface area contributed by atoms with Gasteiger partial charge in [0.1, 0.15) is 5.82 Å². The lowest BCUT2D eigenvalue weighted by molar-refractivity contribution is 0.0273. The summed E-state index contributed by atoms with van der Waals surface area (Å²) in [6.45, 7) is 6.70. The Labute approximate surface area is 159 Å². The Hall–Kier alpha value is -2.43. The second-order valence-electron chi connectivity index (χ2n) is 7.00. The number of hydrogen-bond acceptors (Lipinski definition) is 2. The highest BCUT2D eigenvalue weighted by Gasteiger charge is 2.23. The molecule has 0 bridgehead atoms. The minimum Gasteiger partial charge on any atom is -0.371 e. The molecule has 27 heavy (non-hydrogen) atoms. The van der Waals surface area contributed by atoms with E-state index >= 15 is 0 Å². The van der Waals surface area contributed by atoms with Gasteiger partial charge in [-0.15, -0.1) is 0 Å². The molecule has 1 aromatic heterocycles. The van der Waals surface area contributed by atoms with Gasteiger partial charge in [-0.25, -0.2) is 4.39 Å². The number of halogens is 1. The van der Waals surface area contributed by atoms with Gasteiger partial charge in [-0.2, -0.15) is 0 Å². The van der Waals surface area contributed by atoms with Crippen molar-refractivity contribution in [3.8, 4) is 16.9 Å². The number of aromatic nitrogens is 1. The van der Waals surface area contributed by atoms with Crippen molar-refractivity contribution >= 4 is 0 Å². The van der Waals surface area contributed by atoms with Crippen molar-refractivity contribution in [3.05, 3.63) is 77.2 Å². The Bertz CT molecular complexity index is 907. The molecule has 1 aliphatic rings. The highest BCUT2D eigenvalue weighted by molar-refractivity contribution is 5.66. The van der Waals surface area contributed by atoms with E-state index in [1.807, 2.05) is 12.1 Å². The Morgan fingerprint density at radius 2 is 1.85 bits per heavy atom. The second kappa shape index (κ2) is 7.67. The Morgan fingerprint density at radius 3 is 2.48 bits per heavy atom. The van der Waals surface area contributed by atoms with Crippen LogP contribution in [0.5, 0.6) is 0 Å². The van der Waals surface area contributed by atoms with Crippen LogP contribution in [0.25, 0.3) is 16.9 Å². The highest BCUT2D eigenvalue weighted by atomic mass is 19.1. The first-order valence-corrected chi connectivity index (χ1v) is 9.57. The zero-order chi connectivity index (χ0) is 18.8. The Kier molecular flexibility index (Phi) is 5.10. The topological polar surface area (TPSA) is 26.2 Å². The molecule has 0 aliphatic carbocycles. The lowest BCUT2D eigenvalue weighted by Crippen LogP contribution is -2.33. The summed E-state index contributed by atoms with van der Waals surface area (Å²) >= 11 is 0. The zero-order valence-corrected chi connectivity index (χ0v) is 15.8. The SMILES string of the molecule is CCc1ccc(-n2c(-c3ccc(F)cc3)cc(C3CNCCO3)c2C)cc1. The third-order valence-corrected chi connectivity index (χ3v) is 5.30. The minimum absolute atomic E-state index is 0.0362. The predicted octanol–water partition coefficient (Wildman–Crippen LogP) is 4.82. The first-order valence-electron chi connectivity index (χ1n) is 9.57. The van der Waals surface area contributed by atoms with Crippen LogP contribution in [0, 0.1) is 12.7 Å². The number of rotatable bonds is 4. The molecule has 4 rings (SSSR count). The van der Waals surface area contributed by atoms with Crippen LogP contribution in [0.15, 0.2) is 54.6 Å². The normalized spacial score (nSPS) is 17.2. The summed E-state index contributed by atoms with van der Waals surface area (Å²) in [6.07, 6.45) is 1.05. The first kappa shape index (κ1) is 18.0. The zero-order valence-electron chi connectivity index (χ0n) is 15.8. The molecule has 1 aliphatic heterocycles. The van der Waals surface area contributed by atoms with E-state index in [9.17, 15) is 4.39 Å². The van der Waals surface area contributed by atoms with Crippen LogP contribution in [-0.2, 0) is 11.2 Å². The minimum atomic E-state index is -0.221. The molecule has 0 radical (unpaired) electrons. The fourth-order valence-corrected chi connectivity index (χ4v) is 3.76. The molecule has 140 valence electrons. The van der Waals surface area contributed by atoms with E-state index in [1.165, 1.54) is 23.3 Å². The number of hydrogen-bond donors (Lipinski definition) is 1. The second-order valence-corrected chi connectivity index (χ2v) is 7.00. The molecule has 3 nitrogen and oxygen atoms in total. The maximum atomic E-state index is 13.4. The van der Waals surface area contributed by atoms with Gasteiger partial charge in [0, 0.05) is 30.0 Å². The van der Waals surface area contributed by atoms with Crippen LogP contribution < -0.4 is 5.32 Å². The lowest BCUT2D eigenvalue weighted by atomic mass is 10.1. The lowest BCUT2D eigenvalue weighted by Gasteiger charge is -2.24. The van der Waals surface area contributed by atoms with Crippen molar-refractivity contribution in [3.63, 3.8) is 0 Å². The summed E-state index contributed by atoms with van der Waals surface area (Å²) in [5.41, 5.74) is 6.81. The molecule has 0 saturated carbocycles. The number of ether oxygens (including phenoxy) is 1. The first-order chi connectivity index (χ1) is 13.2.